The molecule has 0 saturated carbocycles. The molecule has 192 valence electrons. The van der Waals surface area contributed by atoms with E-state index in [9.17, 15) is 19.5 Å². The number of ether oxygens (including phenoxy) is 1. The molecule has 2 aromatic rings. The molecule has 0 unspecified atom stereocenters. The van der Waals surface area contributed by atoms with Gasteiger partial charge < -0.3 is 30.9 Å². The van der Waals surface area contributed by atoms with Crippen LogP contribution in [0.3, 0.4) is 0 Å². The van der Waals surface area contributed by atoms with Crippen molar-refractivity contribution in [2.24, 2.45) is 5.73 Å². The number of nitrogens with one attached hydrogen (secondary N) is 2. The predicted octanol–water partition coefficient (Wildman–Crippen LogP) is 2.32. The summed E-state index contributed by atoms with van der Waals surface area (Å²) < 4.78 is 6.64. The van der Waals surface area contributed by atoms with Crippen LogP contribution in [0.5, 0.6) is 5.75 Å². The maximum atomic E-state index is 13.5. The first kappa shape index (κ1) is 28.1. The number of rotatable bonds is 9. The van der Waals surface area contributed by atoms with Crippen molar-refractivity contribution in [2.75, 3.05) is 19.7 Å². The van der Waals surface area contributed by atoms with Crippen LogP contribution in [0, 0.1) is 12.5 Å². The van der Waals surface area contributed by atoms with Gasteiger partial charge in [-0.1, -0.05) is 12.1 Å². The molecule has 1 saturated heterocycles. The van der Waals surface area contributed by atoms with Crippen LogP contribution >= 0.6 is 45.2 Å². The van der Waals surface area contributed by atoms with Gasteiger partial charge in [0, 0.05) is 30.6 Å². The number of likely N-dealkylation sites (tertiary alicyclic amines) is 1. The van der Waals surface area contributed by atoms with Crippen molar-refractivity contribution in [1.82, 2.24) is 10.2 Å². The van der Waals surface area contributed by atoms with Gasteiger partial charge in [-0.25, -0.2) is 4.79 Å². The Morgan fingerprint density at radius 1 is 1.11 bits per heavy atom. The molecule has 12 heteroatoms. The molecule has 1 aliphatic heterocycles. The third-order valence-electron chi connectivity index (χ3n) is 5.77. The third kappa shape index (κ3) is 7.52. The Labute approximate surface area is 235 Å². The quantitative estimate of drug-likeness (QED) is 0.151. The van der Waals surface area contributed by atoms with Crippen molar-refractivity contribution >= 4 is 68.8 Å². The van der Waals surface area contributed by atoms with E-state index in [0.29, 0.717) is 44.2 Å². The molecule has 6 N–H and O–H groups in total. The summed E-state index contributed by atoms with van der Waals surface area (Å²) >= 11 is 4.04. The van der Waals surface area contributed by atoms with Gasteiger partial charge in [0.25, 0.3) is 5.91 Å². The predicted molar refractivity (Wildman–Crippen MR) is 149 cm³/mol. The maximum absolute atomic E-state index is 13.5. The molecule has 3 rings (SSSR count). The van der Waals surface area contributed by atoms with Gasteiger partial charge in [0.2, 0.25) is 5.91 Å². The zero-order valence-electron chi connectivity index (χ0n) is 19.2. The SMILES string of the molecule is N=C(N)c1ccc(C(=O)N[C@@H](Cc2cc(I)c(O)c(I)c2)C(=O)N2CCC(OCC(=O)O)CC2)cc1. The second kappa shape index (κ2) is 12.7. The number of carboxylic acids is 1. The topological polar surface area (TPSA) is 166 Å². The summed E-state index contributed by atoms with van der Waals surface area (Å²) in [6, 6.07) is 8.92. The molecular weight excluding hydrogens is 694 g/mol. The number of aliphatic carboxylic acids is 1. The number of piperidine rings is 1. The minimum absolute atomic E-state index is 0.109. The molecule has 0 bridgehead atoms. The van der Waals surface area contributed by atoms with Crippen LogP contribution in [0.4, 0.5) is 0 Å². The van der Waals surface area contributed by atoms with E-state index in [4.69, 9.17) is 21.0 Å². The summed E-state index contributed by atoms with van der Waals surface area (Å²) in [5.41, 5.74) is 7.08. The van der Waals surface area contributed by atoms with E-state index in [1.165, 1.54) is 0 Å². The third-order valence-corrected chi connectivity index (χ3v) is 7.42. The average Bonchev–Trinajstić information content (AvgIpc) is 2.85. The molecule has 1 heterocycles. The van der Waals surface area contributed by atoms with Gasteiger partial charge in [-0.3, -0.25) is 15.0 Å². The molecule has 10 nitrogen and oxygen atoms in total. The van der Waals surface area contributed by atoms with Gasteiger partial charge >= 0.3 is 5.97 Å². The molecule has 1 atom stereocenters. The fourth-order valence-electron chi connectivity index (χ4n) is 3.87. The molecule has 0 aliphatic carbocycles. The van der Waals surface area contributed by atoms with E-state index in [2.05, 4.69) is 5.32 Å². The standard InChI is InChI=1S/C24H26I2N4O6/c25-17-9-13(10-18(26)21(17)33)11-19(29-23(34)15-3-1-14(2-4-15)22(27)28)24(35)30-7-5-16(6-8-30)36-12-20(31)32/h1-4,9-10,16,19,33H,5-8,11-12H2,(H3,27,28)(H,29,34)(H,31,32)/t19-/m0/s1. The number of halogens is 2. The first-order valence-corrected chi connectivity index (χ1v) is 13.2. The molecule has 1 aliphatic rings. The Kier molecular flexibility index (Phi) is 9.90. The number of hydrogen-bond donors (Lipinski definition) is 5. The van der Waals surface area contributed by atoms with Gasteiger partial charge in [-0.05, 0) is 87.9 Å². The van der Waals surface area contributed by atoms with Crippen LogP contribution in [-0.4, -0.2) is 70.6 Å². The highest BCUT2D eigenvalue weighted by atomic mass is 127. The highest BCUT2D eigenvalue weighted by Gasteiger charge is 2.30. The Bertz CT molecular complexity index is 1130. The Hall–Kier alpha value is -2.46. The number of phenols is 1. The summed E-state index contributed by atoms with van der Waals surface area (Å²) in [4.78, 5) is 38.9. The Morgan fingerprint density at radius 2 is 1.67 bits per heavy atom. The van der Waals surface area contributed by atoms with E-state index in [0.717, 1.165) is 5.56 Å². The number of benzene rings is 2. The summed E-state index contributed by atoms with van der Waals surface area (Å²) in [6.45, 7) is 0.388. The molecule has 0 aromatic heterocycles. The second-order valence-electron chi connectivity index (χ2n) is 8.36. The number of nitrogen functional groups attached to an aromatic ring is 1. The monoisotopic (exact) mass is 720 g/mol. The summed E-state index contributed by atoms with van der Waals surface area (Å²) in [6.07, 6.45) is 0.985. The number of carboxylic acid groups (broad SMARTS) is 1. The maximum Gasteiger partial charge on any atom is 0.329 e. The first-order chi connectivity index (χ1) is 17.0. The molecule has 1 fully saturated rings. The van der Waals surface area contributed by atoms with E-state index >= 15 is 0 Å². The van der Waals surface area contributed by atoms with Gasteiger partial charge in [-0.15, -0.1) is 0 Å². The lowest BCUT2D eigenvalue weighted by Crippen LogP contribution is -2.52. The number of hydrogen-bond acceptors (Lipinski definition) is 6. The van der Waals surface area contributed by atoms with Crippen molar-refractivity contribution < 1.29 is 29.3 Å². The number of carbonyl (C=O) groups excluding carboxylic acids is 2. The summed E-state index contributed by atoms with van der Waals surface area (Å²) in [7, 11) is 0. The largest absolute Gasteiger partial charge is 0.506 e. The van der Waals surface area contributed by atoms with Crippen LogP contribution in [0.25, 0.3) is 0 Å². The van der Waals surface area contributed by atoms with E-state index < -0.39 is 17.9 Å². The molecule has 0 radical (unpaired) electrons. The average molecular weight is 720 g/mol. The lowest BCUT2D eigenvalue weighted by atomic mass is 10.0. The van der Waals surface area contributed by atoms with E-state index in [-0.39, 0.29) is 36.6 Å². The summed E-state index contributed by atoms with van der Waals surface area (Å²) in [5.74, 6) is -1.67. The minimum Gasteiger partial charge on any atom is -0.506 e. The first-order valence-electron chi connectivity index (χ1n) is 11.1. The zero-order chi connectivity index (χ0) is 26.4. The van der Waals surface area contributed by atoms with Crippen molar-refractivity contribution in [3.05, 3.63) is 60.2 Å². The van der Waals surface area contributed by atoms with E-state index in [1.54, 1.807) is 41.3 Å². The van der Waals surface area contributed by atoms with Crippen LogP contribution in [0.2, 0.25) is 0 Å². The number of amides is 2. The normalized spacial score (nSPS) is 14.8. The number of nitrogens with two attached hydrogens (primary N) is 1. The number of nitrogens with zero attached hydrogens (tertiary/aromatic N) is 1. The van der Waals surface area contributed by atoms with Crippen LogP contribution < -0.4 is 11.1 Å². The molecule has 0 spiro atoms. The number of aromatic hydroxyl groups is 1. The van der Waals surface area contributed by atoms with Gasteiger partial charge in [0.1, 0.15) is 24.2 Å². The zero-order valence-corrected chi connectivity index (χ0v) is 23.5. The fourth-order valence-corrected chi connectivity index (χ4v) is 5.76. The number of phenolic OH excluding ortho intramolecular Hbond substituents is 1. The highest BCUT2D eigenvalue weighted by Crippen LogP contribution is 2.28. The van der Waals surface area contributed by atoms with Crippen LogP contribution in [0.15, 0.2) is 36.4 Å². The van der Waals surface area contributed by atoms with Gasteiger partial charge in [0.15, 0.2) is 0 Å². The molecular formula is C24H26I2N4O6. The molecule has 36 heavy (non-hydrogen) atoms. The van der Waals surface area contributed by atoms with Crippen LogP contribution in [0.1, 0.15) is 34.3 Å². The highest BCUT2D eigenvalue weighted by molar-refractivity contribution is 14.1. The van der Waals surface area contributed by atoms with Crippen molar-refractivity contribution in [3.63, 3.8) is 0 Å². The smallest absolute Gasteiger partial charge is 0.329 e. The molecule has 2 amide bonds. The van der Waals surface area contributed by atoms with Gasteiger partial charge in [0.05, 0.1) is 13.2 Å². The lowest BCUT2D eigenvalue weighted by molar-refractivity contribution is -0.147. The number of amidine groups is 1. The van der Waals surface area contributed by atoms with Crippen molar-refractivity contribution in [2.45, 2.75) is 31.4 Å². The summed E-state index contributed by atoms with van der Waals surface area (Å²) in [5, 5.41) is 29.3. The lowest BCUT2D eigenvalue weighted by Gasteiger charge is -2.34. The number of carbonyl (C=O) groups is 3. The molecule has 2 aromatic carbocycles. The fraction of sp³-hybridized carbons (Fsp3) is 0.333. The Morgan fingerprint density at radius 3 is 2.19 bits per heavy atom. The second-order valence-corrected chi connectivity index (χ2v) is 10.7. The van der Waals surface area contributed by atoms with Gasteiger partial charge in [-0.2, -0.15) is 0 Å². The van der Waals surface area contributed by atoms with Crippen molar-refractivity contribution in [3.8, 4) is 5.75 Å². The van der Waals surface area contributed by atoms with Crippen molar-refractivity contribution in [1.29, 1.82) is 5.41 Å². The Balaban J connectivity index is 1.77. The van der Waals surface area contributed by atoms with E-state index in [1.807, 2.05) is 45.2 Å². The van der Waals surface area contributed by atoms with Crippen LogP contribution in [-0.2, 0) is 20.7 Å². The minimum atomic E-state index is -1.04.